The first kappa shape index (κ1) is 11.3. The number of hydrogen-bond acceptors (Lipinski definition) is 4. The van der Waals surface area contributed by atoms with Crippen molar-refractivity contribution in [3.63, 3.8) is 0 Å². The van der Waals surface area contributed by atoms with Crippen LogP contribution in [0.3, 0.4) is 0 Å². The molecule has 5 heteroatoms. The Morgan fingerprint density at radius 1 is 1.39 bits per heavy atom. The standard InChI is InChI=1S/C13H19N5/c1-9-3-4-10(7-9)16-12-13-15-5-6-18(13)8-11(14-2)17-12/h5-6,8-10,14H,3-4,7H2,1-2H3,(H,16,17). The minimum atomic E-state index is 0.528. The predicted octanol–water partition coefficient (Wildman–Crippen LogP) is 2.37. The fraction of sp³-hybridized carbons (Fsp3) is 0.538. The van der Waals surface area contributed by atoms with Crippen LogP contribution in [0.15, 0.2) is 18.6 Å². The van der Waals surface area contributed by atoms with Gasteiger partial charge in [-0.2, -0.15) is 0 Å². The molecule has 96 valence electrons. The summed E-state index contributed by atoms with van der Waals surface area (Å²) in [5.74, 6) is 2.55. The molecule has 1 saturated carbocycles. The summed E-state index contributed by atoms with van der Waals surface area (Å²) < 4.78 is 2.00. The summed E-state index contributed by atoms with van der Waals surface area (Å²) >= 11 is 0. The summed E-state index contributed by atoms with van der Waals surface area (Å²) in [7, 11) is 1.88. The average Bonchev–Trinajstić information content (AvgIpc) is 2.98. The van der Waals surface area contributed by atoms with Crippen molar-refractivity contribution in [3.8, 4) is 0 Å². The molecule has 2 unspecified atom stereocenters. The van der Waals surface area contributed by atoms with Crippen molar-refractivity contribution in [2.24, 2.45) is 5.92 Å². The van der Waals surface area contributed by atoms with Crippen LogP contribution < -0.4 is 10.6 Å². The molecule has 1 aliphatic carbocycles. The van der Waals surface area contributed by atoms with E-state index in [9.17, 15) is 0 Å². The second-order valence-corrected chi connectivity index (χ2v) is 5.14. The molecule has 1 fully saturated rings. The number of fused-ring (bicyclic) bond motifs is 1. The Morgan fingerprint density at radius 3 is 3.00 bits per heavy atom. The summed E-state index contributed by atoms with van der Waals surface area (Å²) in [5.41, 5.74) is 0.897. The predicted molar refractivity (Wildman–Crippen MR) is 73.0 cm³/mol. The van der Waals surface area contributed by atoms with Crippen LogP contribution in [0, 0.1) is 5.92 Å². The highest BCUT2D eigenvalue weighted by atomic mass is 15.1. The smallest absolute Gasteiger partial charge is 0.180 e. The van der Waals surface area contributed by atoms with E-state index in [4.69, 9.17) is 0 Å². The molecule has 2 aromatic rings. The number of hydrogen-bond donors (Lipinski definition) is 2. The van der Waals surface area contributed by atoms with Gasteiger partial charge in [0.05, 0.1) is 6.20 Å². The van der Waals surface area contributed by atoms with Crippen LogP contribution in [0.25, 0.3) is 5.65 Å². The van der Waals surface area contributed by atoms with Gasteiger partial charge in [0.2, 0.25) is 0 Å². The van der Waals surface area contributed by atoms with E-state index in [1.807, 2.05) is 23.8 Å². The Balaban J connectivity index is 1.92. The van der Waals surface area contributed by atoms with Crippen LogP contribution in [0.4, 0.5) is 11.6 Å². The van der Waals surface area contributed by atoms with Gasteiger partial charge in [-0.25, -0.2) is 9.97 Å². The van der Waals surface area contributed by atoms with Crippen LogP contribution >= 0.6 is 0 Å². The molecule has 2 aromatic heterocycles. The van der Waals surface area contributed by atoms with Gasteiger partial charge in [-0.3, -0.25) is 0 Å². The van der Waals surface area contributed by atoms with Crippen LogP contribution in [0.2, 0.25) is 0 Å². The SMILES string of the molecule is CNc1cn2ccnc2c(NC2CCC(C)C2)n1. The van der Waals surface area contributed by atoms with Gasteiger partial charge in [0, 0.05) is 25.5 Å². The second kappa shape index (κ2) is 4.48. The van der Waals surface area contributed by atoms with Crippen molar-refractivity contribution in [3.05, 3.63) is 18.6 Å². The number of nitrogens with one attached hydrogen (secondary N) is 2. The molecule has 0 radical (unpaired) electrons. The van der Waals surface area contributed by atoms with Gasteiger partial charge in [-0.05, 0) is 25.2 Å². The highest BCUT2D eigenvalue weighted by Crippen LogP contribution is 2.28. The molecular formula is C13H19N5. The van der Waals surface area contributed by atoms with E-state index in [1.165, 1.54) is 19.3 Å². The zero-order chi connectivity index (χ0) is 12.5. The van der Waals surface area contributed by atoms with Crippen LogP contribution in [-0.2, 0) is 0 Å². The zero-order valence-corrected chi connectivity index (χ0v) is 10.8. The monoisotopic (exact) mass is 245 g/mol. The maximum absolute atomic E-state index is 4.57. The average molecular weight is 245 g/mol. The van der Waals surface area contributed by atoms with Crippen molar-refractivity contribution in [1.29, 1.82) is 0 Å². The molecule has 2 N–H and O–H groups in total. The van der Waals surface area contributed by atoms with E-state index in [-0.39, 0.29) is 0 Å². The molecule has 0 bridgehead atoms. The topological polar surface area (TPSA) is 54.2 Å². The van der Waals surface area contributed by atoms with Crippen LogP contribution in [-0.4, -0.2) is 27.5 Å². The number of nitrogens with zero attached hydrogens (tertiary/aromatic N) is 3. The van der Waals surface area contributed by atoms with E-state index in [2.05, 4.69) is 27.5 Å². The van der Waals surface area contributed by atoms with Crippen molar-refractivity contribution in [2.75, 3.05) is 17.7 Å². The fourth-order valence-electron chi connectivity index (χ4n) is 2.68. The summed E-state index contributed by atoms with van der Waals surface area (Å²) in [6.07, 6.45) is 9.44. The van der Waals surface area contributed by atoms with Gasteiger partial charge in [0.1, 0.15) is 5.82 Å². The number of imidazole rings is 1. The first-order chi connectivity index (χ1) is 8.76. The number of rotatable bonds is 3. The highest BCUT2D eigenvalue weighted by Gasteiger charge is 2.22. The normalized spacial score (nSPS) is 23.4. The lowest BCUT2D eigenvalue weighted by Crippen LogP contribution is -2.17. The Kier molecular flexibility index (Phi) is 2.81. The number of aromatic nitrogens is 3. The van der Waals surface area contributed by atoms with E-state index in [0.717, 1.165) is 23.2 Å². The molecule has 5 nitrogen and oxygen atoms in total. The molecule has 0 amide bonds. The van der Waals surface area contributed by atoms with Crippen molar-refractivity contribution in [1.82, 2.24) is 14.4 Å². The Labute approximate surface area is 107 Å². The summed E-state index contributed by atoms with van der Waals surface area (Å²) in [6, 6.07) is 0.528. The third-order valence-electron chi connectivity index (χ3n) is 3.67. The van der Waals surface area contributed by atoms with Gasteiger partial charge in [-0.1, -0.05) is 6.92 Å². The summed E-state index contributed by atoms with van der Waals surface area (Å²) in [4.78, 5) is 8.94. The molecule has 2 atom stereocenters. The first-order valence-corrected chi connectivity index (χ1v) is 6.54. The third kappa shape index (κ3) is 2.00. The molecule has 0 spiro atoms. The first-order valence-electron chi connectivity index (χ1n) is 6.54. The summed E-state index contributed by atoms with van der Waals surface area (Å²) in [5, 5.41) is 6.62. The van der Waals surface area contributed by atoms with E-state index >= 15 is 0 Å². The maximum Gasteiger partial charge on any atom is 0.180 e. The van der Waals surface area contributed by atoms with Gasteiger partial charge in [0.15, 0.2) is 11.5 Å². The maximum atomic E-state index is 4.57. The largest absolute Gasteiger partial charge is 0.372 e. The van der Waals surface area contributed by atoms with E-state index < -0.39 is 0 Å². The van der Waals surface area contributed by atoms with E-state index in [0.29, 0.717) is 6.04 Å². The minimum Gasteiger partial charge on any atom is -0.372 e. The molecule has 3 rings (SSSR count). The van der Waals surface area contributed by atoms with Gasteiger partial charge in [0.25, 0.3) is 0 Å². The summed E-state index contributed by atoms with van der Waals surface area (Å²) in [6.45, 7) is 2.31. The van der Waals surface area contributed by atoms with E-state index in [1.54, 1.807) is 6.20 Å². The second-order valence-electron chi connectivity index (χ2n) is 5.14. The molecule has 0 aromatic carbocycles. The van der Waals surface area contributed by atoms with Crippen molar-refractivity contribution < 1.29 is 0 Å². The third-order valence-corrected chi connectivity index (χ3v) is 3.67. The lowest BCUT2D eigenvalue weighted by atomic mass is 10.1. The fourth-order valence-corrected chi connectivity index (χ4v) is 2.68. The van der Waals surface area contributed by atoms with Crippen molar-refractivity contribution in [2.45, 2.75) is 32.2 Å². The molecule has 2 heterocycles. The number of anilines is 2. The highest BCUT2D eigenvalue weighted by molar-refractivity contribution is 5.65. The quantitative estimate of drug-likeness (QED) is 0.871. The molecule has 18 heavy (non-hydrogen) atoms. The van der Waals surface area contributed by atoms with Crippen molar-refractivity contribution >= 4 is 17.3 Å². The Hall–Kier alpha value is -1.78. The molecular weight excluding hydrogens is 226 g/mol. The van der Waals surface area contributed by atoms with Crippen LogP contribution in [0.1, 0.15) is 26.2 Å². The lowest BCUT2D eigenvalue weighted by molar-refractivity contribution is 0.602. The Bertz CT molecular complexity index is 547. The molecule has 0 saturated heterocycles. The molecule has 0 aliphatic heterocycles. The minimum absolute atomic E-state index is 0.528. The Morgan fingerprint density at radius 2 is 2.28 bits per heavy atom. The zero-order valence-electron chi connectivity index (χ0n) is 10.8. The lowest BCUT2D eigenvalue weighted by Gasteiger charge is -2.14. The molecule has 1 aliphatic rings. The van der Waals surface area contributed by atoms with Gasteiger partial charge in [-0.15, -0.1) is 0 Å². The van der Waals surface area contributed by atoms with Gasteiger partial charge < -0.3 is 15.0 Å². The van der Waals surface area contributed by atoms with Gasteiger partial charge >= 0.3 is 0 Å². The van der Waals surface area contributed by atoms with Crippen LogP contribution in [0.5, 0.6) is 0 Å².